The molecule has 1 heterocycles. The molecule has 5 heteroatoms. The molecule has 0 spiro atoms. The molecule has 1 saturated carbocycles. The first-order valence-corrected chi connectivity index (χ1v) is 5.84. The number of hydrogen-bond donors (Lipinski definition) is 3. The standard InChI is InChI=1S/C12H17NO4/c14-9(10-4-3-7-17-10)8-13-11(15)12(16)5-1-2-6-12/h3-4,7,9,14,16H,1-2,5-6,8H2,(H,13,15). The Labute approximate surface area is 99.4 Å². The van der Waals surface area contributed by atoms with Crippen molar-refractivity contribution in [1.29, 1.82) is 0 Å². The summed E-state index contributed by atoms with van der Waals surface area (Å²) < 4.78 is 5.01. The van der Waals surface area contributed by atoms with Crippen molar-refractivity contribution < 1.29 is 19.4 Å². The van der Waals surface area contributed by atoms with Gasteiger partial charge in [0.05, 0.1) is 12.8 Å². The van der Waals surface area contributed by atoms with Gasteiger partial charge in [-0.2, -0.15) is 0 Å². The second-order valence-corrected chi connectivity index (χ2v) is 4.48. The maximum Gasteiger partial charge on any atom is 0.252 e. The van der Waals surface area contributed by atoms with Crippen molar-refractivity contribution >= 4 is 5.91 Å². The average molecular weight is 239 g/mol. The van der Waals surface area contributed by atoms with E-state index in [9.17, 15) is 15.0 Å². The largest absolute Gasteiger partial charge is 0.467 e. The van der Waals surface area contributed by atoms with Gasteiger partial charge in [-0.3, -0.25) is 4.79 Å². The minimum Gasteiger partial charge on any atom is -0.467 e. The number of furan rings is 1. The quantitative estimate of drug-likeness (QED) is 0.723. The molecule has 1 aliphatic carbocycles. The van der Waals surface area contributed by atoms with Gasteiger partial charge in [0.15, 0.2) is 0 Å². The van der Waals surface area contributed by atoms with Crippen LogP contribution in [-0.2, 0) is 4.79 Å². The predicted octanol–water partition coefficient (Wildman–Crippen LogP) is 0.734. The van der Waals surface area contributed by atoms with Gasteiger partial charge in [-0.05, 0) is 37.8 Å². The lowest BCUT2D eigenvalue weighted by atomic mass is 10.0. The van der Waals surface area contributed by atoms with Gasteiger partial charge in [0.25, 0.3) is 5.91 Å². The molecule has 0 aromatic carbocycles. The van der Waals surface area contributed by atoms with Crippen LogP contribution in [0, 0.1) is 0 Å². The smallest absolute Gasteiger partial charge is 0.252 e. The Hall–Kier alpha value is -1.33. The molecule has 1 atom stereocenters. The highest BCUT2D eigenvalue weighted by molar-refractivity contribution is 5.85. The van der Waals surface area contributed by atoms with Crippen molar-refractivity contribution in [3.8, 4) is 0 Å². The molecule has 5 nitrogen and oxygen atoms in total. The monoisotopic (exact) mass is 239 g/mol. The lowest BCUT2D eigenvalue weighted by Crippen LogP contribution is -2.45. The Kier molecular flexibility index (Phi) is 3.49. The van der Waals surface area contributed by atoms with E-state index in [1.54, 1.807) is 12.1 Å². The van der Waals surface area contributed by atoms with E-state index in [2.05, 4.69) is 5.32 Å². The molecule has 3 N–H and O–H groups in total. The minimum absolute atomic E-state index is 0.0503. The normalized spacial score (nSPS) is 20.1. The second kappa shape index (κ2) is 4.89. The zero-order chi connectivity index (χ0) is 12.3. The number of rotatable bonds is 4. The average Bonchev–Trinajstić information content (AvgIpc) is 2.96. The molecule has 0 bridgehead atoms. The minimum atomic E-state index is -1.25. The Balaban J connectivity index is 1.84. The highest BCUT2D eigenvalue weighted by Crippen LogP contribution is 2.29. The van der Waals surface area contributed by atoms with E-state index >= 15 is 0 Å². The van der Waals surface area contributed by atoms with E-state index in [1.165, 1.54) is 6.26 Å². The number of nitrogens with one attached hydrogen (secondary N) is 1. The van der Waals surface area contributed by atoms with Crippen molar-refractivity contribution in [2.24, 2.45) is 0 Å². The van der Waals surface area contributed by atoms with Crippen LogP contribution < -0.4 is 5.32 Å². The maximum atomic E-state index is 11.7. The van der Waals surface area contributed by atoms with Crippen LogP contribution in [0.15, 0.2) is 22.8 Å². The van der Waals surface area contributed by atoms with Crippen molar-refractivity contribution in [2.75, 3.05) is 6.54 Å². The van der Waals surface area contributed by atoms with E-state index in [4.69, 9.17) is 4.42 Å². The van der Waals surface area contributed by atoms with Crippen LogP contribution in [0.5, 0.6) is 0 Å². The number of carbonyl (C=O) groups is 1. The molecule has 17 heavy (non-hydrogen) atoms. The number of aliphatic hydroxyl groups excluding tert-OH is 1. The lowest BCUT2D eigenvalue weighted by Gasteiger charge is -2.21. The van der Waals surface area contributed by atoms with E-state index < -0.39 is 17.6 Å². The summed E-state index contributed by atoms with van der Waals surface area (Å²) in [5, 5.41) is 22.2. The third kappa shape index (κ3) is 2.68. The molecule has 1 fully saturated rings. The Bertz CT molecular complexity index is 368. The predicted molar refractivity (Wildman–Crippen MR) is 60.1 cm³/mol. The zero-order valence-corrected chi connectivity index (χ0v) is 9.56. The first-order chi connectivity index (χ1) is 8.12. The van der Waals surface area contributed by atoms with Crippen LogP contribution in [0.25, 0.3) is 0 Å². The summed E-state index contributed by atoms with van der Waals surface area (Å²) in [6.45, 7) is 0.0503. The highest BCUT2D eigenvalue weighted by Gasteiger charge is 2.38. The van der Waals surface area contributed by atoms with Crippen LogP contribution in [0.2, 0.25) is 0 Å². The molecule has 1 amide bonds. The Morgan fingerprint density at radius 1 is 1.53 bits per heavy atom. The highest BCUT2D eigenvalue weighted by atomic mass is 16.4. The van der Waals surface area contributed by atoms with E-state index in [-0.39, 0.29) is 6.54 Å². The van der Waals surface area contributed by atoms with E-state index in [0.29, 0.717) is 18.6 Å². The number of aliphatic hydroxyl groups is 2. The van der Waals surface area contributed by atoms with Crippen molar-refractivity contribution in [2.45, 2.75) is 37.4 Å². The van der Waals surface area contributed by atoms with E-state index in [1.807, 2.05) is 0 Å². The first-order valence-electron chi connectivity index (χ1n) is 5.84. The molecular weight excluding hydrogens is 222 g/mol. The zero-order valence-electron chi connectivity index (χ0n) is 9.56. The van der Waals surface area contributed by atoms with Gasteiger partial charge in [-0.15, -0.1) is 0 Å². The van der Waals surface area contributed by atoms with Crippen molar-refractivity contribution in [3.63, 3.8) is 0 Å². The summed E-state index contributed by atoms with van der Waals surface area (Å²) in [6, 6.07) is 3.31. The van der Waals surface area contributed by atoms with Gasteiger partial charge in [-0.1, -0.05) is 0 Å². The molecule has 1 aliphatic rings. The van der Waals surface area contributed by atoms with Gasteiger partial charge in [0.2, 0.25) is 0 Å². The Morgan fingerprint density at radius 3 is 2.82 bits per heavy atom. The van der Waals surface area contributed by atoms with E-state index in [0.717, 1.165) is 12.8 Å². The van der Waals surface area contributed by atoms with Crippen LogP contribution in [0.1, 0.15) is 37.5 Å². The number of amides is 1. The van der Waals surface area contributed by atoms with Gasteiger partial charge in [-0.25, -0.2) is 0 Å². The Morgan fingerprint density at radius 2 is 2.24 bits per heavy atom. The summed E-state index contributed by atoms with van der Waals surface area (Å²) in [5.74, 6) is 0.00400. The number of carbonyl (C=O) groups excluding carboxylic acids is 1. The molecular formula is C12H17NO4. The molecule has 0 radical (unpaired) electrons. The molecule has 1 aromatic heterocycles. The van der Waals surface area contributed by atoms with Crippen LogP contribution in [0.3, 0.4) is 0 Å². The third-order valence-corrected chi connectivity index (χ3v) is 3.18. The summed E-state index contributed by atoms with van der Waals surface area (Å²) in [6.07, 6.45) is 3.31. The SMILES string of the molecule is O=C(NCC(O)c1ccco1)C1(O)CCCC1. The lowest BCUT2D eigenvalue weighted by molar-refractivity contribution is -0.139. The molecule has 94 valence electrons. The third-order valence-electron chi connectivity index (χ3n) is 3.18. The van der Waals surface area contributed by atoms with Gasteiger partial charge in [0, 0.05) is 0 Å². The molecule has 0 aliphatic heterocycles. The second-order valence-electron chi connectivity index (χ2n) is 4.48. The summed E-state index contributed by atoms with van der Waals surface area (Å²) in [5.41, 5.74) is -1.25. The van der Waals surface area contributed by atoms with Crippen LogP contribution >= 0.6 is 0 Å². The molecule has 1 aromatic rings. The van der Waals surface area contributed by atoms with Crippen molar-refractivity contribution in [1.82, 2.24) is 5.32 Å². The fourth-order valence-corrected chi connectivity index (χ4v) is 2.12. The van der Waals surface area contributed by atoms with Gasteiger partial charge >= 0.3 is 0 Å². The molecule has 1 unspecified atom stereocenters. The van der Waals surface area contributed by atoms with Gasteiger partial charge < -0.3 is 19.9 Å². The van der Waals surface area contributed by atoms with Crippen LogP contribution in [0.4, 0.5) is 0 Å². The molecule has 0 saturated heterocycles. The number of hydrogen-bond acceptors (Lipinski definition) is 4. The maximum absolute atomic E-state index is 11.7. The fraction of sp³-hybridized carbons (Fsp3) is 0.583. The molecule has 2 rings (SSSR count). The van der Waals surface area contributed by atoms with Gasteiger partial charge in [0.1, 0.15) is 17.5 Å². The summed E-state index contributed by atoms with van der Waals surface area (Å²) in [7, 11) is 0. The fourth-order valence-electron chi connectivity index (χ4n) is 2.12. The first kappa shape index (κ1) is 12.1. The van der Waals surface area contributed by atoms with Crippen LogP contribution in [-0.4, -0.2) is 28.3 Å². The topological polar surface area (TPSA) is 82.7 Å². The summed E-state index contributed by atoms with van der Waals surface area (Å²) in [4.78, 5) is 11.7. The van der Waals surface area contributed by atoms with Crippen molar-refractivity contribution in [3.05, 3.63) is 24.2 Å². The summed E-state index contributed by atoms with van der Waals surface area (Å²) >= 11 is 0.